The molecule has 1 heterocycles. The fourth-order valence-corrected chi connectivity index (χ4v) is 2.56. The molecule has 0 bridgehead atoms. The fourth-order valence-electron chi connectivity index (χ4n) is 2.17. The number of hydrogen-bond donors (Lipinski definition) is 0. The van der Waals surface area contributed by atoms with Gasteiger partial charge in [0.1, 0.15) is 5.60 Å². The number of carbonyl (C=O) groups excluding carboxylic acids is 1. The maximum Gasteiger partial charge on any atom is 0.410 e. The van der Waals surface area contributed by atoms with Crippen LogP contribution in [0.4, 0.5) is 13.6 Å². The summed E-state index contributed by atoms with van der Waals surface area (Å²) >= 11 is 0. The third kappa shape index (κ3) is 6.43. The molecule has 0 saturated carbocycles. The molecule has 0 aromatic carbocycles. The molecule has 1 aliphatic rings. The van der Waals surface area contributed by atoms with Gasteiger partial charge in [-0.25, -0.2) is 13.6 Å². The average molecular weight is 343 g/mol. The van der Waals surface area contributed by atoms with Crippen molar-refractivity contribution in [1.82, 2.24) is 4.90 Å². The van der Waals surface area contributed by atoms with Crippen LogP contribution in [0.25, 0.3) is 0 Å². The zero-order valence-corrected chi connectivity index (χ0v) is 14.1. The van der Waals surface area contributed by atoms with Crippen LogP contribution in [0.5, 0.6) is 0 Å². The summed E-state index contributed by atoms with van der Waals surface area (Å²) in [5.41, 5.74) is -0.744. The highest BCUT2D eigenvalue weighted by atomic mass is 32.2. The minimum Gasteiger partial charge on any atom is -0.444 e. The first kappa shape index (κ1) is 19.1. The van der Waals surface area contributed by atoms with E-state index in [1.165, 1.54) is 0 Å². The van der Waals surface area contributed by atoms with Crippen LogP contribution in [0, 0.1) is 5.92 Å². The minimum absolute atomic E-state index is 0.0688. The van der Waals surface area contributed by atoms with E-state index in [-0.39, 0.29) is 26.0 Å². The number of nitrogens with zero attached hydrogens (tertiary/aromatic N) is 1. The van der Waals surface area contributed by atoms with E-state index >= 15 is 0 Å². The van der Waals surface area contributed by atoms with Gasteiger partial charge in [0.2, 0.25) is 0 Å². The van der Waals surface area contributed by atoms with Crippen LogP contribution in [0.1, 0.15) is 33.6 Å². The molecule has 130 valence electrons. The zero-order valence-electron chi connectivity index (χ0n) is 13.3. The monoisotopic (exact) mass is 343 g/mol. The first-order valence-electron chi connectivity index (χ1n) is 7.00. The number of ether oxygens (including phenoxy) is 1. The smallest absolute Gasteiger partial charge is 0.410 e. The van der Waals surface area contributed by atoms with Gasteiger partial charge in [-0.05, 0) is 33.6 Å². The Morgan fingerprint density at radius 1 is 1.36 bits per heavy atom. The topological polar surface area (TPSA) is 72.9 Å². The number of hydrogen-bond acceptors (Lipinski definition) is 5. The molecular formula is C13H23F2NO5S. The lowest BCUT2D eigenvalue weighted by Gasteiger charge is -2.38. The van der Waals surface area contributed by atoms with E-state index in [1.807, 2.05) is 0 Å². The number of amides is 1. The highest BCUT2D eigenvalue weighted by Crippen LogP contribution is 2.35. The summed E-state index contributed by atoms with van der Waals surface area (Å²) in [6.07, 6.45) is 0.0932. The molecule has 0 unspecified atom stereocenters. The molecule has 0 radical (unpaired) electrons. The SMILES string of the molecule is CC(C)(C)OC(=O)N1CC[C@@H](CCOS(C)(=O)=O)C(F)(F)C1. The first-order chi connectivity index (χ1) is 9.80. The number of likely N-dealkylation sites (tertiary alicyclic amines) is 1. The highest BCUT2D eigenvalue weighted by molar-refractivity contribution is 7.85. The van der Waals surface area contributed by atoms with Crippen molar-refractivity contribution in [1.29, 1.82) is 0 Å². The Kier molecular flexibility index (Phi) is 5.77. The second kappa shape index (κ2) is 6.66. The molecule has 1 atom stereocenters. The van der Waals surface area contributed by atoms with Gasteiger partial charge in [0.05, 0.1) is 19.4 Å². The van der Waals surface area contributed by atoms with Crippen LogP contribution in [0.2, 0.25) is 0 Å². The summed E-state index contributed by atoms with van der Waals surface area (Å²) < 4.78 is 59.4. The third-order valence-corrected chi connectivity index (χ3v) is 3.76. The van der Waals surface area contributed by atoms with Crippen LogP contribution < -0.4 is 0 Å². The van der Waals surface area contributed by atoms with Gasteiger partial charge in [0, 0.05) is 12.5 Å². The van der Waals surface area contributed by atoms with Crippen molar-refractivity contribution in [2.45, 2.75) is 45.1 Å². The Morgan fingerprint density at radius 3 is 2.41 bits per heavy atom. The molecule has 1 aliphatic heterocycles. The van der Waals surface area contributed by atoms with Crippen molar-refractivity contribution in [3.63, 3.8) is 0 Å². The third-order valence-electron chi connectivity index (χ3n) is 3.16. The number of halogens is 2. The largest absolute Gasteiger partial charge is 0.444 e. The van der Waals surface area contributed by atoms with Crippen molar-refractivity contribution in [3.8, 4) is 0 Å². The number of carbonyl (C=O) groups is 1. The second-order valence-electron chi connectivity index (χ2n) is 6.46. The van der Waals surface area contributed by atoms with Crippen LogP contribution >= 0.6 is 0 Å². The summed E-state index contributed by atoms with van der Waals surface area (Å²) in [5.74, 6) is -4.12. The highest BCUT2D eigenvalue weighted by Gasteiger charge is 2.46. The summed E-state index contributed by atoms with van der Waals surface area (Å²) in [6, 6.07) is 0. The van der Waals surface area contributed by atoms with E-state index in [1.54, 1.807) is 20.8 Å². The first-order valence-corrected chi connectivity index (χ1v) is 8.82. The molecule has 9 heteroatoms. The number of alkyl halides is 2. The Labute approximate surface area is 129 Å². The standard InChI is InChI=1S/C13H23F2NO5S/c1-12(2,3)21-11(17)16-7-5-10(13(14,15)9-16)6-8-20-22(4,18)19/h10H,5-9H2,1-4H3/t10-/m0/s1. The van der Waals surface area contributed by atoms with Gasteiger partial charge < -0.3 is 9.64 Å². The average Bonchev–Trinajstić information content (AvgIpc) is 2.26. The molecule has 22 heavy (non-hydrogen) atoms. The molecule has 0 spiro atoms. The van der Waals surface area contributed by atoms with Gasteiger partial charge in [0.15, 0.2) is 0 Å². The van der Waals surface area contributed by atoms with Crippen molar-refractivity contribution in [3.05, 3.63) is 0 Å². The van der Waals surface area contributed by atoms with Crippen LogP contribution in [0.3, 0.4) is 0 Å². The van der Waals surface area contributed by atoms with E-state index in [0.29, 0.717) is 0 Å². The van der Waals surface area contributed by atoms with Crippen molar-refractivity contribution < 1.29 is 30.9 Å². The van der Waals surface area contributed by atoms with Gasteiger partial charge in [0.25, 0.3) is 16.0 Å². The summed E-state index contributed by atoms with van der Waals surface area (Å²) in [6.45, 7) is 4.12. The number of rotatable bonds is 4. The van der Waals surface area contributed by atoms with Crippen LogP contribution in [-0.2, 0) is 19.0 Å². The van der Waals surface area contributed by atoms with Crippen molar-refractivity contribution >= 4 is 16.2 Å². The molecule has 1 rings (SSSR count). The molecule has 0 aromatic heterocycles. The Bertz CT molecular complexity index is 501. The van der Waals surface area contributed by atoms with Crippen molar-refractivity contribution in [2.24, 2.45) is 5.92 Å². The summed E-state index contributed by atoms with van der Waals surface area (Å²) in [7, 11) is -3.64. The van der Waals surface area contributed by atoms with Gasteiger partial charge in [-0.3, -0.25) is 4.18 Å². The fraction of sp³-hybridized carbons (Fsp3) is 0.923. The lowest BCUT2D eigenvalue weighted by Crippen LogP contribution is -2.52. The molecule has 0 N–H and O–H groups in total. The van der Waals surface area contributed by atoms with E-state index < -0.39 is 40.2 Å². The maximum absolute atomic E-state index is 14.1. The van der Waals surface area contributed by atoms with Crippen LogP contribution in [0.15, 0.2) is 0 Å². The molecule has 0 aromatic rings. The molecule has 1 fully saturated rings. The molecular weight excluding hydrogens is 320 g/mol. The Morgan fingerprint density at radius 2 is 1.95 bits per heavy atom. The summed E-state index contributed by atoms with van der Waals surface area (Å²) in [5, 5.41) is 0. The van der Waals surface area contributed by atoms with E-state index in [0.717, 1.165) is 11.2 Å². The van der Waals surface area contributed by atoms with Gasteiger partial charge in [-0.1, -0.05) is 0 Å². The maximum atomic E-state index is 14.1. The van der Waals surface area contributed by atoms with Gasteiger partial charge in [-0.2, -0.15) is 8.42 Å². The number of piperidine rings is 1. The lowest BCUT2D eigenvalue weighted by atomic mass is 9.90. The van der Waals surface area contributed by atoms with Gasteiger partial charge >= 0.3 is 6.09 Å². The van der Waals surface area contributed by atoms with E-state index in [2.05, 4.69) is 4.18 Å². The predicted octanol–water partition coefficient (Wildman–Crippen LogP) is 2.25. The molecule has 1 saturated heterocycles. The van der Waals surface area contributed by atoms with Crippen LogP contribution in [-0.4, -0.2) is 56.9 Å². The molecule has 6 nitrogen and oxygen atoms in total. The Balaban J connectivity index is 2.56. The predicted molar refractivity (Wildman–Crippen MR) is 76.3 cm³/mol. The van der Waals surface area contributed by atoms with Crippen molar-refractivity contribution in [2.75, 3.05) is 26.0 Å². The zero-order chi connectivity index (χ0) is 17.2. The second-order valence-corrected chi connectivity index (χ2v) is 8.11. The normalized spacial score (nSPS) is 22.5. The quantitative estimate of drug-likeness (QED) is 0.732. The minimum atomic E-state index is -3.64. The van der Waals surface area contributed by atoms with E-state index in [9.17, 15) is 22.0 Å². The summed E-state index contributed by atoms with van der Waals surface area (Å²) in [4.78, 5) is 12.8. The van der Waals surface area contributed by atoms with Gasteiger partial charge in [-0.15, -0.1) is 0 Å². The Hall–Kier alpha value is -0.960. The molecule has 0 aliphatic carbocycles. The molecule has 1 amide bonds. The van der Waals surface area contributed by atoms with E-state index in [4.69, 9.17) is 4.74 Å². The lowest BCUT2D eigenvalue weighted by molar-refractivity contribution is -0.114.